The van der Waals surface area contributed by atoms with Gasteiger partial charge in [-0.05, 0) is 37.9 Å². The zero-order valence-electron chi connectivity index (χ0n) is 11.2. The molecule has 1 fully saturated rings. The van der Waals surface area contributed by atoms with E-state index in [4.69, 9.17) is 0 Å². The summed E-state index contributed by atoms with van der Waals surface area (Å²) in [4.78, 5) is 17.8. The molecule has 0 aliphatic carbocycles. The second kappa shape index (κ2) is 6.61. The molecule has 4 nitrogen and oxygen atoms in total. The van der Waals surface area contributed by atoms with Crippen LogP contribution in [0.5, 0.6) is 0 Å². The van der Waals surface area contributed by atoms with Gasteiger partial charge < -0.3 is 10.2 Å². The highest BCUT2D eigenvalue weighted by molar-refractivity contribution is 5.94. The number of hydrogen-bond acceptors (Lipinski definition) is 3. The molecule has 1 aromatic heterocycles. The summed E-state index contributed by atoms with van der Waals surface area (Å²) < 4.78 is 13.4. The normalized spacial score (nSPS) is 17.4. The van der Waals surface area contributed by atoms with E-state index in [-0.39, 0.29) is 17.5 Å². The molecule has 19 heavy (non-hydrogen) atoms. The minimum atomic E-state index is -0.705. The fraction of sp³-hybridized carbons (Fsp3) is 0.571. The van der Waals surface area contributed by atoms with Gasteiger partial charge in [-0.2, -0.15) is 4.39 Å². The lowest BCUT2D eigenvalue weighted by Gasteiger charge is -2.32. The van der Waals surface area contributed by atoms with Crippen molar-refractivity contribution in [3.05, 3.63) is 29.8 Å². The van der Waals surface area contributed by atoms with Gasteiger partial charge in [0.2, 0.25) is 5.95 Å². The van der Waals surface area contributed by atoms with E-state index in [0.717, 1.165) is 38.9 Å². The van der Waals surface area contributed by atoms with Crippen LogP contribution in [0.25, 0.3) is 0 Å². The number of aromatic nitrogens is 1. The third-order valence-corrected chi connectivity index (χ3v) is 3.47. The summed E-state index contributed by atoms with van der Waals surface area (Å²) in [6.07, 6.45) is 4.34. The van der Waals surface area contributed by atoms with E-state index in [1.54, 1.807) is 6.07 Å². The quantitative estimate of drug-likeness (QED) is 0.845. The van der Waals surface area contributed by atoms with E-state index in [1.807, 2.05) is 0 Å². The van der Waals surface area contributed by atoms with Gasteiger partial charge in [-0.25, -0.2) is 4.98 Å². The van der Waals surface area contributed by atoms with E-state index in [9.17, 15) is 9.18 Å². The van der Waals surface area contributed by atoms with Crippen molar-refractivity contribution in [2.45, 2.75) is 32.2 Å². The van der Waals surface area contributed by atoms with Crippen LogP contribution in [0.15, 0.2) is 18.3 Å². The van der Waals surface area contributed by atoms with Crippen LogP contribution in [-0.2, 0) is 0 Å². The molecule has 1 saturated heterocycles. The largest absolute Gasteiger partial charge is 0.349 e. The van der Waals surface area contributed by atoms with Gasteiger partial charge in [0.05, 0.1) is 5.56 Å². The lowest BCUT2D eigenvalue weighted by atomic mass is 10.0. The Bertz CT molecular complexity index is 430. The van der Waals surface area contributed by atoms with Crippen LogP contribution in [0.1, 0.15) is 36.5 Å². The van der Waals surface area contributed by atoms with Crippen LogP contribution < -0.4 is 5.32 Å². The maximum Gasteiger partial charge on any atom is 0.256 e. The van der Waals surface area contributed by atoms with Crippen LogP contribution >= 0.6 is 0 Å². The fourth-order valence-electron chi connectivity index (χ4n) is 2.44. The number of likely N-dealkylation sites (tertiary alicyclic amines) is 1. The Morgan fingerprint density at radius 3 is 2.89 bits per heavy atom. The lowest BCUT2D eigenvalue weighted by Crippen LogP contribution is -2.45. The molecular weight excluding hydrogens is 245 g/mol. The van der Waals surface area contributed by atoms with Crippen molar-refractivity contribution in [3.8, 4) is 0 Å². The second-order valence-corrected chi connectivity index (χ2v) is 4.93. The number of hydrogen-bond donors (Lipinski definition) is 1. The minimum absolute atomic E-state index is 0.0264. The van der Waals surface area contributed by atoms with Crippen molar-refractivity contribution in [1.29, 1.82) is 0 Å². The topological polar surface area (TPSA) is 45.2 Å². The second-order valence-electron chi connectivity index (χ2n) is 4.93. The minimum Gasteiger partial charge on any atom is -0.349 e. The molecule has 1 amide bonds. The molecule has 0 saturated carbocycles. The first-order chi connectivity index (χ1) is 9.20. The van der Waals surface area contributed by atoms with Gasteiger partial charge in [0.25, 0.3) is 5.91 Å². The number of carbonyl (C=O) groups excluding carboxylic acids is 1. The van der Waals surface area contributed by atoms with Crippen molar-refractivity contribution in [2.24, 2.45) is 0 Å². The number of pyridine rings is 1. The van der Waals surface area contributed by atoms with Crippen LogP contribution in [-0.4, -0.2) is 41.5 Å². The van der Waals surface area contributed by atoms with Crippen molar-refractivity contribution >= 4 is 5.91 Å². The molecule has 1 aromatic rings. The van der Waals surface area contributed by atoms with Crippen molar-refractivity contribution in [2.75, 3.05) is 19.6 Å². The van der Waals surface area contributed by atoms with E-state index in [0.29, 0.717) is 0 Å². The summed E-state index contributed by atoms with van der Waals surface area (Å²) in [6, 6.07) is 3.17. The zero-order valence-corrected chi connectivity index (χ0v) is 11.2. The Balaban J connectivity index is 1.86. The summed E-state index contributed by atoms with van der Waals surface area (Å²) in [5.41, 5.74) is 0.0264. The van der Waals surface area contributed by atoms with E-state index in [1.165, 1.54) is 12.3 Å². The fourth-order valence-corrected chi connectivity index (χ4v) is 2.44. The van der Waals surface area contributed by atoms with Gasteiger partial charge >= 0.3 is 0 Å². The summed E-state index contributed by atoms with van der Waals surface area (Å²) in [7, 11) is 0. The third-order valence-electron chi connectivity index (χ3n) is 3.47. The third kappa shape index (κ3) is 3.73. The summed E-state index contributed by atoms with van der Waals surface area (Å²) in [5, 5.41) is 2.89. The summed E-state index contributed by atoms with van der Waals surface area (Å²) in [6.45, 7) is 5.26. The van der Waals surface area contributed by atoms with Crippen molar-refractivity contribution in [3.63, 3.8) is 0 Å². The zero-order chi connectivity index (χ0) is 13.7. The molecule has 1 aliphatic heterocycles. The van der Waals surface area contributed by atoms with Crippen molar-refractivity contribution in [1.82, 2.24) is 15.2 Å². The molecule has 0 spiro atoms. The Morgan fingerprint density at radius 1 is 1.53 bits per heavy atom. The summed E-state index contributed by atoms with van der Waals surface area (Å²) in [5.74, 6) is -1.07. The lowest BCUT2D eigenvalue weighted by molar-refractivity contribution is 0.0906. The predicted molar refractivity (Wildman–Crippen MR) is 71.4 cm³/mol. The first-order valence-corrected chi connectivity index (χ1v) is 6.84. The molecule has 0 radical (unpaired) electrons. The number of carbonyl (C=O) groups is 1. The number of nitrogens with one attached hydrogen (secondary N) is 1. The van der Waals surface area contributed by atoms with Gasteiger partial charge in [-0.15, -0.1) is 0 Å². The van der Waals surface area contributed by atoms with Crippen LogP contribution in [0, 0.1) is 5.95 Å². The number of rotatable bonds is 4. The van der Waals surface area contributed by atoms with E-state index in [2.05, 4.69) is 22.1 Å². The highest BCUT2D eigenvalue weighted by atomic mass is 19.1. The van der Waals surface area contributed by atoms with Crippen LogP contribution in [0.4, 0.5) is 4.39 Å². The molecule has 2 rings (SSSR count). The highest BCUT2D eigenvalue weighted by Gasteiger charge is 2.21. The molecule has 5 heteroatoms. The Kier molecular flexibility index (Phi) is 4.85. The molecule has 0 bridgehead atoms. The average Bonchev–Trinajstić information content (AvgIpc) is 2.42. The molecular formula is C14H20FN3O. The maximum atomic E-state index is 13.4. The molecule has 0 unspecified atom stereocenters. The molecule has 0 atom stereocenters. The SMILES string of the molecule is CCCN1CCC(NC(=O)c2cccnc2F)CC1. The van der Waals surface area contributed by atoms with Gasteiger partial charge in [0.15, 0.2) is 0 Å². The Labute approximate surface area is 113 Å². The average molecular weight is 265 g/mol. The number of halogens is 1. The maximum absolute atomic E-state index is 13.4. The van der Waals surface area contributed by atoms with E-state index >= 15 is 0 Å². The number of amides is 1. The molecule has 104 valence electrons. The van der Waals surface area contributed by atoms with Gasteiger partial charge in [-0.1, -0.05) is 6.92 Å². The Morgan fingerprint density at radius 2 is 2.26 bits per heavy atom. The monoisotopic (exact) mass is 265 g/mol. The van der Waals surface area contributed by atoms with Crippen LogP contribution in [0.3, 0.4) is 0 Å². The molecule has 1 N–H and O–H groups in total. The molecule has 0 aromatic carbocycles. The van der Waals surface area contributed by atoms with Gasteiger partial charge in [0, 0.05) is 25.3 Å². The number of piperidine rings is 1. The van der Waals surface area contributed by atoms with Gasteiger partial charge in [-0.3, -0.25) is 4.79 Å². The van der Waals surface area contributed by atoms with E-state index < -0.39 is 5.95 Å². The molecule has 2 heterocycles. The van der Waals surface area contributed by atoms with Gasteiger partial charge in [0.1, 0.15) is 0 Å². The summed E-state index contributed by atoms with van der Waals surface area (Å²) >= 11 is 0. The predicted octanol–water partition coefficient (Wildman–Crippen LogP) is 1.82. The van der Waals surface area contributed by atoms with Crippen molar-refractivity contribution < 1.29 is 9.18 Å². The Hall–Kier alpha value is -1.49. The van der Waals surface area contributed by atoms with Crippen LogP contribution in [0.2, 0.25) is 0 Å². The highest BCUT2D eigenvalue weighted by Crippen LogP contribution is 2.12. The smallest absolute Gasteiger partial charge is 0.256 e. The first kappa shape index (κ1) is 13.9. The standard InChI is InChI=1S/C14H20FN3O/c1-2-8-18-9-5-11(6-10-18)17-14(19)12-4-3-7-16-13(12)15/h3-4,7,11H,2,5-6,8-10H2,1H3,(H,17,19). The molecule has 1 aliphatic rings. The first-order valence-electron chi connectivity index (χ1n) is 6.84. The number of nitrogens with zero attached hydrogens (tertiary/aromatic N) is 2.